The zero-order valence-corrected chi connectivity index (χ0v) is 11.8. The van der Waals surface area contributed by atoms with Gasteiger partial charge >= 0.3 is 6.18 Å². The maximum absolute atomic E-state index is 12.5. The number of nitrogens with one attached hydrogen (secondary N) is 5. The Bertz CT molecular complexity index is 222. The molecule has 120 valence electrons. The van der Waals surface area contributed by atoms with Crippen LogP contribution in [0.3, 0.4) is 0 Å². The van der Waals surface area contributed by atoms with Crippen molar-refractivity contribution in [2.75, 3.05) is 58.9 Å². The molecule has 0 amide bonds. The molecule has 5 N–H and O–H groups in total. The van der Waals surface area contributed by atoms with Crippen LogP contribution in [-0.2, 0) is 0 Å². The van der Waals surface area contributed by atoms with Crippen LogP contribution in [0.1, 0.15) is 6.42 Å². The summed E-state index contributed by atoms with van der Waals surface area (Å²) in [5.41, 5.74) is 0. The minimum atomic E-state index is -4.13. The van der Waals surface area contributed by atoms with Gasteiger partial charge < -0.3 is 26.6 Å². The van der Waals surface area contributed by atoms with Crippen LogP contribution in [0.15, 0.2) is 0 Å². The fourth-order valence-electron chi connectivity index (χ4n) is 2.04. The molecule has 0 aromatic carbocycles. The zero-order valence-electron chi connectivity index (χ0n) is 11.8. The molecule has 0 saturated carbocycles. The summed E-state index contributed by atoms with van der Waals surface area (Å²) in [5.74, 6) is 0. The molecule has 8 heteroatoms. The van der Waals surface area contributed by atoms with Gasteiger partial charge in [0.25, 0.3) is 0 Å². The third-order valence-corrected chi connectivity index (χ3v) is 3.04. The summed E-state index contributed by atoms with van der Waals surface area (Å²) < 4.78 is 37.4. The van der Waals surface area contributed by atoms with E-state index in [1.165, 1.54) is 0 Å². The molecule has 5 nitrogen and oxygen atoms in total. The summed E-state index contributed by atoms with van der Waals surface area (Å²) in [6, 6.07) is -0.569. The molecule has 20 heavy (non-hydrogen) atoms. The van der Waals surface area contributed by atoms with Gasteiger partial charge in [-0.3, -0.25) is 0 Å². The number of hydrogen-bond acceptors (Lipinski definition) is 5. The van der Waals surface area contributed by atoms with Crippen molar-refractivity contribution in [1.29, 1.82) is 0 Å². The fraction of sp³-hybridized carbons (Fsp3) is 1.00. The average molecular weight is 297 g/mol. The van der Waals surface area contributed by atoms with Crippen molar-refractivity contribution < 1.29 is 13.2 Å². The Hall–Kier alpha value is -0.410. The quantitative estimate of drug-likeness (QED) is 0.442. The van der Waals surface area contributed by atoms with Gasteiger partial charge in [-0.15, -0.1) is 0 Å². The Morgan fingerprint density at radius 1 is 0.700 bits per heavy atom. The summed E-state index contributed by atoms with van der Waals surface area (Å²) in [5, 5.41) is 15.7. The van der Waals surface area contributed by atoms with Crippen molar-refractivity contribution in [3.8, 4) is 0 Å². The Balaban J connectivity index is 2.32. The van der Waals surface area contributed by atoms with Gasteiger partial charge in [-0.05, 0) is 0 Å². The molecule has 1 saturated heterocycles. The van der Waals surface area contributed by atoms with Crippen LogP contribution in [0.5, 0.6) is 0 Å². The zero-order chi connectivity index (χ0) is 14.7. The minimum absolute atomic E-state index is 0.333. The maximum atomic E-state index is 12.5. The van der Waals surface area contributed by atoms with E-state index in [9.17, 15) is 13.2 Å². The van der Waals surface area contributed by atoms with Gasteiger partial charge in [-0.1, -0.05) is 0 Å². The Labute approximate surface area is 118 Å². The molecule has 0 aromatic rings. The highest BCUT2D eigenvalue weighted by Crippen LogP contribution is 2.21. The monoisotopic (exact) mass is 297 g/mol. The van der Waals surface area contributed by atoms with E-state index in [-0.39, 0.29) is 0 Å². The van der Waals surface area contributed by atoms with Gasteiger partial charge in [0.05, 0.1) is 6.42 Å². The van der Waals surface area contributed by atoms with Crippen molar-refractivity contribution in [2.45, 2.75) is 18.6 Å². The summed E-state index contributed by atoms with van der Waals surface area (Å²) in [6.07, 6.45) is -4.92. The lowest BCUT2D eigenvalue weighted by Gasteiger charge is -2.21. The Morgan fingerprint density at radius 2 is 1.15 bits per heavy atom. The standard InChI is InChI=1S/C12H26F3N5/c13-12(14,15)9-11-10-19-6-5-17-2-1-16-3-4-18-7-8-20-11/h11,16-20H,1-10H2. The summed E-state index contributed by atoms with van der Waals surface area (Å²) in [4.78, 5) is 0. The van der Waals surface area contributed by atoms with Crippen molar-refractivity contribution in [2.24, 2.45) is 0 Å². The highest BCUT2D eigenvalue weighted by molar-refractivity contribution is 4.74. The van der Waals surface area contributed by atoms with E-state index in [1.54, 1.807) is 0 Å². The van der Waals surface area contributed by atoms with Gasteiger partial charge in [0, 0.05) is 64.9 Å². The van der Waals surface area contributed by atoms with E-state index >= 15 is 0 Å². The molecular formula is C12H26F3N5. The van der Waals surface area contributed by atoms with Crippen LogP contribution in [0, 0.1) is 0 Å². The van der Waals surface area contributed by atoms with E-state index in [0.29, 0.717) is 26.2 Å². The molecular weight excluding hydrogens is 271 g/mol. The topological polar surface area (TPSA) is 60.1 Å². The number of hydrogen-bond donors (Lipinski definition) is 5. The van der Waals surface area contributed by atoms with E-state index in [0.717, 1.165) is 32.7 Å². The molecule has 1 unspecified atom stereocenters. The smallest absolute Gasteiger partial charge is 0.314 e. The first-order valence-corrected chi connectivity index (χ1v) is 7.21. The van der Waals surface area contributed by atoms with Crippen molar-refractivity contribution in [1.82, 2.24) is 26.6 Å². The van der Waals surface area contributed by atoms with Crippen molar-refractivity contribution in [3.05, 3.63) is 0 Å². The Kier molecular flexibility index (Phi) is 9.12. The molecule has 0 bridgehead atoms. The number of alkyl halides is 3. The maximum Gasteiger partial charge on any atom is 0.390 e. The molecule has 1 atom stereocenters. The molecule has 0 aliphatic carbocycles. The molecule has 1 fully saturated rings. The molecule has 0 radical (unpaired) electrons. The van der Waals surface area contributed by atoms with Gasteiger partial charge in [-0.2, -0.15) is 13.2 Å². The molecule has 1 heterocycles. The number of halogens is 3. The molecule has 1 rings (SSSR count). The van der Waals surface area contributed by atoms with Gasteiger partial charge in [0.15, 0.2) is 0 Å². The molecule has 1 aliphatic rings. The fourth-order valence-corrected chi connectivity index (χ4v) is 2.04. The van der Waals surface area contributed by atoms with E-state index in [4.69, 9.17) is 0 Å². The lowest BCUT2D eigenvalue weighted by molar-refractivity contribution is -0.139. The predicted octanol–water partition coefficient (Wildman–Crippen LogP) is -0.731. The second kappa shape index (κ2) is 10.3. The largest absolute Gasteiger partial charge is 0.390 e. The van der Waals surface area contributed by atoms with Crippen LogP contribution in [0.2, 0.25) is 0 Å². The van der Waals surface area contributed by atoms with E-state index in [1.807, 2.05) is 0 Å². The van der Waals surface area contributed by atoms with Crippen molar-refractivity contribution in [3.63, 3.8) is 0 Å². The van der Waals surface area contributed by atoms with Crippen LogP contribution in [-0.4, -0.2) is 71.1 Å². The first-order valence-electron chi connectivity index (χ1n) is 7.21. The molecule has 0 spiro atoms. The van der Waals surface area contributed by atoms with E-state index < -0.39 is 18.6 Å². The highest BCUT2D eigenvalue weighted by atomic mass is 19.4. The predicted molar refractivity (Wildman–Crippen MR) is 73.9 cm³/mol. The van der Waals surface area contributed by atoms with Crippen LogP contribution < -0.4 is 26.6 Å². The first-order chi connectivity index (χ1) is 9.58. The second-order valence-corrected chi connectivity index (χ2v) is 4.92. The first kappa shape index (κ1) is 17.6. The lowest BCUT2D eigenvalue weighted by atomic mass is 10.2. The van der Waals surface area contributed by atoms with Gasteiger partial charge in [-0.25, -0.2) is 0 Å². The molecule has 0 aromatic heterocycles. The SMILES string of the molecule is FC(F)(F)CC1CNCCNCCNCCNCCN1. The third kappa shape index (κ3) is 10.4. The van der Waals surface area contributed by atoms with Crippen LogP contribution >= 0.6 is 0 Å². The number of rotatable bonds is 1. The summed E-state index contributed by atoms with van der Waals surface area (Å²) in [7, 11) is 0. The summed E-state index contributed by atoms with van der Waals surface area (Å²) >= 11 is 0. The highest BCUT2D eigenvalue weighted by Gasteiger charge is 2.31. The summed E-state index contributed by atoms with van der Waals surface area (Å²) in [6.45, 7) is 6.44. The third-order valence-electron chi connectivity index (χ3n) is 3.04. The van der Waals surface area contributed by atoms with Crippen LogP contribution in [0.25, 0.3) is 0 Å². The Morgan fingerprint density at radius 3 is 1.65 bits per heavy atom. The average Bonchev–Trinajstić information content (AvgIpc) is 2.37. The normalized spacial score (nSPS) is 25.6. The second-order valence-electron chi connectivity index (χ2n) is 4.92. The van der Waals surface area contributed by atoms with Crippen molar-refractivity contribution >= 4 is 0 Å². The van der Waals surface area contributed by atoms with Crippen LogP contribution in [0.4, 0.5) is 13.2 Å². The minimum Gasteiger partial charge on any atom is -0.314 e. The molecule has 1 aliphatic heterocycles. The lowest BCUT2D eigenvalue weighted by Crippen LogP contribution is -2.45. The van der Waals surface area contributed by atoms with Gasteiger partial charge in [0.2, 0.25) is 0 Å². The van der Waals surface area contributed by atoms with Gasteiger partial charge in [0.1, 0.15) is 0 Å². The van der Waals surface area contributed by atoms with E-state index in [2.05, 4.69) is 26.6 Å².